The van der Waals surface area contributed by atoms with E-state index in [9.17, 15) is 13.2 Å². The van der Waals surface area contributed by atoms with Crippen molar-refractivity contribution in [3.63, 3.8) is 0 Å². The lowest BCUT2D eigenvalue weighted by atomic mass is 10.1. The molecule has 3 rings (SSSR count). The SMILES string of the molecule is O=C(NCCS(=O)(=O)Cc1ccccc1)c1ccc(OCCCCCc2ccccc2)cc1. The van der Waals surface area contributed by atoms with Gasteiger partial charge in [0.15, 0.2) is 9.84 Å². The highest BCUT2D eigenvalue weighted by atomic mass is 32.2. The van der Waals surface area contributed by atoms with Crippen LogP contribution in [0.25, 0.3) is 0 Å². The summed E-state index contributed by atoms with van der Waals surface area (Å²) in [7, 11) is -3.29. The zero-order chi connectivity index (χ0) is 23.4. The van der Waals surface area contributed by atoms with E-state index in [1.807, 2.05) is 24.3 Å². The molecule has 0 aliphatic carbocycles. The third-order valence-corrected chi connectivity index (χ3v) is 6.87. The topological polar surface area (TPSA) is 72.5 Å². The molecule has 0 heterocycles. The Hall–Kier alpha value is -3.12. The number of hydrogen-bond donors (Lipinski definition) is 1. The number of amides is 1. The Balaban J connectivity index is 1.32. The van der Waals surface area contributed by atoms with E-state index in [0.717, 1.165) is 37.0 Å². The van der Waals surface area contributed by atoms with Crippen LogP contribution < -0.4 is 10.1 Å². The molecule has 0 bridgehead atoms. The normalized spacial score (nSPS) is 11.2. The summed E-state index contributed by atoms with van der Waals surface area (Å²) in [5, 5.41) is 2.68. The summed E-state index contributed by atoms with van der Waals surface area (Å²) in [5.41, 5.74) is 2.59. The molecule has 0 aliphatic rings. The first-order valence-electron chi connectivity index (χ1n) is 11.3. The molecule has 33 heavy (non-hydrogen) atoms. The Morgan fingerprint density at radius 1 is 0.758 bits per heavy atom. The Kier molecular flexibility index (Phi) is 9.51. The quantitative estimate of drug-likeness (QED) is 0.367. The van der Waals surface area contributed by atoms with Crippen molar-refractivity contribution >= 4 is 15.7 Å². The van der Waals surface area contributed by atoms with Crippen LogP contribution in [0.15, 0.2) is 84.9 Å². The summed E-state index contributed by atoms with van der Waals surface area (Å²) in [4.78, 5) is 12.3. The maximum absolute atomic E-state index is 12.3. The molecule has 0 spiro atoms. The maximum Gasteiger partial charge on any atom is 0.251 e. The van der Waals surface area contributed by atoms with E-state index >= 15 is 0 Å². The lowest BCUT2D eigenvalue weighted by Gasteiger charge is -2.09. The van der Waals surface area contributed by atoms with Crippen LogP contribution in [0.1, 0.15) is 40.7 Å². The lowest BCUT2D eigenvalue weighted by molar-refractivity contribution is 0.0956. The van der Waals surface area contributed by atoms with Crippen molar-refractivity contribution in [3.05, 3.63) is 102 Å². The molecule has 0 aliphatic heterocycles. The van der Waals surface area contributed by atoms with E-state index in [4.69, 9.17) is 4.74 Å². The lowest BCUT2D eigenvalue weighted by Crippen LogP contribution is -2.29. The number of ether oxygens (including phenoxy) is 1. The molecule has 0 radical (unpaired) electrons. The average Bonchev–Trinajstić information content (AvgIpc) is 2.82. The molecule has 0 saturated carbocycles. The molecule has 3 aromatic carbocycles. The predicted octanol–water partition coefficient (Wildman–Crippen LogP) is 4.82. The second-order valence-electron chi connectivity index (χ2n) is 8.00. The summed E-state index contributed by atoms with van der Waals surface area (Å²) in [5.74, 6) is 0.304. The van der Waals surface area contributed by atoms with Gasteiger partial charge in [0, 0.05) is 12.1 Å². The minimum atomic E-state index is -3.29. The number of carbonyl (C=O) groups is 1. The zero-order valence-corrected chi connectivity index (χ0v) is 19.6. The van der Waals surface area contributed by atoms with Crippen LogP contribution in [0.3, 0.4) is 0 Å². The minimum absolute atomic E-state index is 0.0258. The molecule has 1 N–H and O–H groups in total. The highest BCUT2D eigenvalue weighted by Crippen LogP contribution is 2.14. The highest BCUT2D eigenvalue weighted by molar-refractivity contribution is 7.90. The van der Waals surface area contributed by atoms with Gasteiger partial charge in [0.2, 0.25) is 0 Å². The van der Waals surface area contributed by atoms with Crippen molar-refractivity contribution in [1.29, 1.82) is 0 Å². The number of aryl methyl sites for hydroxylation is 1. The van der Waals surface area contributed by atoms with Gasteiger partial charge in [-0.2, -0.15) is 0 Å². The first kappa shape index (κ1) is 24.5. The van der Waals surface area contributed by atoms with Crippen LogP contribution in [-0.4, -0.2) is 33.2 Å². The second-order valence-corrected chi connectivity index (χ2v) is 10.2. The van der Waals surface area contributed by atoms with Gasteiger partial charge in [0.05, 0.1) is 18.1 Å². The van der Waals surface area contributed by atoms with Gasteiger partial charge in [-0.25, -0.2) is 8.42 Å². The van der Waals surface area contributed by atoms with Crippen LogP contribution in [0.4, 0.5) is 0 Å². The van der Waals surface area contributed by atoms with Gasteiger partial charge in [-0.1, -0.05) is 60.7 Å². The Morgan fingerprint density at radius 3 is 2.06 bits per heavy atom. The predicted molar refractivity (Wildman–Crippen MR) is 132 cm³/mol. The molecule has 3 aromatic rings. The summed E-state index contributed by atoms with van der Waals surface area (Å²) in [6.07, 6.45) is 4.29. The number of benzene rings is 3. The van der Waals surface area contributed by atoms with Gasteiger partial charge in [-0.3, -0.25) is 4.79 Å². The van der Waals surface area contributed by atoms with Crippen LogP contribution in [0.5, 0.6) is 5.75 Å². The van der Waals surface area contributed by atoms with Crippen LogP contribution in [0.2, 0.25) is 0 Å². The first-order valence-corrected chi connectivity index (χ1v) is 13.1. The average molecular weight is 466 g/mol. The molecule has 174 valence electrons. The smallest absolute Gasteiger partial charge is 0.251 e. The monoisotopic (exact) mass is 465 g/mol. The minimum Gasteiger partial charge on any atom is -0.494 e. The fourth-order valence-electron chi connectivity index (χ4n) is 3.47. The fourth-order valence-corrected chi connectivity index (χ4v) is 4.73. The molecule has 0 unspecified atom stereocenters. The Morgan fingerprint density at radius 2 is 1.39 bits per heavy atom. The van der Waals surface area contributed by atoms with Gasteiger partial charge in [-0.15, -0.1) is 0 Å². The van der Waals surface area contributed by atoms with Crippen molar-refractivity contribution in [2.45, 2.75) is 31.4 Å². The van der Waals surface area contributed by atoms with Crippen LogP contribution >= 0.6 is 0 Å². The number of hydrogen-bond acceptors (Lipinski definition) is 4. The summed E-state index contributed by atoms with van der Waals surface area (Å²) >= 11 is 0. The fraction of sp³-hybridized carbons (Fsp3) is 0.296. The number of rotatable bonds is 13. The van der Waals surface area contributed by atoms with Crippen molar-refractivity contribution < 1.29 is 17.9 Å². The van der Waals surface area contributed by atoms with Gasteiger partial charge in [0.25, 0.3) is 5.91 Å². The molecular formula is C27H31NO4S. The van der Waals surface area contributed by atoms with E-state index < -0.39 is 9.84 Å². The first-order chi connectivity index (χ1) is 16.0. The second kappa shape index (κ2) is 12.8. The Bertz CT molecular complexity index is 1080. The van der Waals surface area contributed by atoms with E-state index in [-0.39, 0.29) is 24.0 Å². The van der Waals surface area contributed by atoms with Crippen molar-refractivity contribution in [1.82, 2.24) is 5.32 Å². The third kappa shape index (κ3) is 9.10. The highest BCUT2D eigenvalue weighted by Gasteiger charge is 2.13. The molecule has 5 nitrogen and oxygen atoms in total. The van der Waals surface area contributed by atoms with Crippen molar-refractivity contribution in [2.24, 2.45) is 0 Å². The summed E-state index contributed by atoms with van der Waals surface area (Å²) < 4.78 is 30.2. The van der Waals surface area contributed by atoms with E-state index in [2.05, 4.69) is 29.6 Å². The van der Waals surface area contributed by atoms with Crippen LogP contribution in [-0.2, 0) is 22.0 Å². The molecule has 0 fully saturated rings. The van der Waals surface area contributed by atoms with E-state index in [0.29, 0.717) is 12.2 Å². The molecule has 0 aromatic heterocycles. The molecule has 0 saturated heterocycles. The number of carbonyl (C=O) groups excluding carboxylic acids is 1. The zero-order valence-electron chi connectivity index (χ0n) is 18.8. The standard InChI is InChI=1S/C27H31NO4S/c29-27(28-19-21-33(30,31)22-24-13-6-2-7-14-24)25-15-17-26(18-16-25)32-20-9-3-8-12-23-10-4-1-5-11-23/h1-2,4-7,10-11,13-18H,3,8-9,12,19-22H2,(H,28,29). The van der Waals surface area contributed by atoms with Gasteiger partial charge in [-0.05, 0) is 61.1 Å². The molecule has 1 amide bonds. The molecule has 0 atom stereocenters. The van der Waals surface area contributed by atoms with Gasteiger partial charge in [0.1, 0.15) is 5.75 Å². The van der Waals surface area contributed by atoms with E-state index in [1.54, 1.807) is 36.4 Å². The Labute approximate surface area is 196 Å². The van der Waals surface area contributed by atoms with Crippen LogP contribution in [0, 0.1) is 0 Å². The van der Waals surface area contributed by atoms with Crippen molar-refractivity contribution in [3.8, 4) is 5.75 Å². The largest absolute Gasteiger partial charge is 0.494 e. The molecule has 6 heteroatoms. The maximum atomic E-state index is 12.3. The van der Waals surface area contributed by atoms with Gasteiger partial charge >= 0.3 is 0 Å². The molecular weight excluding hydrogens is 434 g/mol. The number of sulfone groups is 1. The number of nitrogens with one attached hydrogen (secondary N) is 1. The summed E-state index contributed by atoms with van der Waals surface area (Å²) in [6, 6.07) is 26.4. The van der Waals surface area contributed by atoms with E-state index in [1.165, 1.54) is 5.56 Å². The third-order valence-electron chi connectivity index (χ3n) is 5.27. The number of unbranched alkanes of at least 4 members (excludes halogenated alkanes) is 2. The van der Waals surface area contributed by atoms with Gasteiger partial charge < -0.3 is 10.1 Å². The summed E-state index contributed by atoms with van der Waals surface area (Å²) in [6.45, 7) is 0.717. The van der Waals surface area contributed by atoms with Crippen molar-refractivity contribution in [2.75, 3.05) is 18.9 Å².